The fourth-order valence-electron chi connectivity index (χ4n) is 1.82. The average molecular weight is 174 g/mol. The number of aliphatic hydroxyl groups excluding tert-OH is 1. The van der Waals surface area contributed by atoms with Crippen LogP contribution in [0.4, 0.5) is 0 Å². The van der Waals surface area contributed by atoms with Gasteiger partial charge in [-0.15, -0.1) is 0 Å². The molecule has 72 valence electrons. The third kappa shape index (κ3) is 2.44. The smallest absolute Gasteiger partial charge is 0.163 e. The zero-order valence-electron chi connectivity index (χ0n) is 8.26. The van der Waals surface area contributed by atoms with Crippen LogP contribution in [0, 0.1) is 0 Å². The Morgan fingerprint density at radius 1 is 1.33 bits per heavy atom. The largest absolute Gasteiger partial charge is 0.394 e. The Morgan fingerprint density at radius 2 is 1.92 bits per heavy atom. The Bertz CT molecular complexity index is 147. The molecule has 0 aromatic carbocycles. The number of hydrogen-bond donors (Lipinski definition) is 1. The summed E-state index contributed by atoms with van der Waals surface area (Å²) in [4.78, 5) is 0. The molecule has 1 saturated heterocycles. The maximum atomic E-state index is 8.97. The van der Waals surface area contributed by atoms with Crippen LogP contribution < -0.4 is 0 Å². The van der Waals surface area contributed by atoms with E-state index < -0.39 is 5.79 Å². The topological polar surface area (TPSA) is 38.7 Å². The summed E-state index contributed by atoms with van der Waals surface area (Å²) < 4.78 is 11.1. The standard InChI is InChI=1S/C9H18O3/c1-8(2)5-7(6-10)11-9(3,4)12-8/h7,10H,5-6H2,1-4H3/t7-/m0/s1. The van der Waals surface area contributed by atoms with Gasteiger partial charge in [0.2, 0.25) is 0 Å². The van der Waals surface area contributed by atoms with Crippen molar-refractivity contribution in [3.05, 3.63) is 0 Å². The van der Waals surface area contributed by atoms with Gasteiger partial charge in [0.25, 0.3) is 0 Å². The van der Waals surface area contributed by atoms with Crippen molar-refractivity contribution in [1.29, 1.82) is 0 Å². The number of hydrogen-bond acceptors (Lipinski definition) is 3. The quantitative estimate of drug-likeness (QED) is 0.651. The lowest BCUT2D eigenvalue weighted by molar-refractivity contribution is -0.328. The lowest BCUT2D eigenvalue weighted by Crippen LogP contribution is -2.50. The number of ether oxygens (including phenoxy) is 2. The third-order valence-electron chi connectivity index (χ3n) is 1.90. The third-order valence-corrected chi connectivity index (χ3v) is 1.90. The van der Waals surface area contributed by atoms with E-state index in [1.807, 2.05) is 27.7 Å². The molecular formula is C9H18O3. The number of rotatable bonds is 1. The molecule has 1 N–H and O–H groups in total. The molecule has 0 amide bonds. The van der Waals surface area contributed by atoms with Gasteiger partial charge < -0.3 is 14.6 Å². The normalized spacial score (nSPS) is 33.2. The highest BCUT2D eigenvalue weighted by atomic mass is 16.7. The Kier molecular flexibility index (Phi) is 2.47. The minimum absolute atomic E-state index is 0.0657. The van der Waals surface area contributed by atoms with Gasteiger partial charge in [-0.3, -0.25) is 0 Å². The molecule has 0 unspecified atom stereocenters. The van der Waals surface area contributed by atoms with Gasteiger partial charge in [0.05, 0.1) is 18.3 Å². The van der Waals surface area contributed by atoms with Crippen molar-refractivity contribution in [1.82, 2.24) is 0 Å². The Morgan fingerprint density at radius 3 is 2.33 bits per heavy atom. The lowest BCUT2D eigenvalue weighted by atomic mass is 9.98. The van der Waals surface area contributed by atoms with E-state index >= 15 is 0 Å². The van der Waals surface area contributed by atoms with Crippen LogP contribution in [0.3, 0.4) is 0 Å². The highest BCUT2D eigenvalue weighted by Crippen LogP contribution is 2.33. The second-order valence-electron chi connectivity index (χ2n) is 4.39. The second-order valence-corrected chi connectivity index (χ2v) is 4.39. The Hall–Kier alpha value is -0.120. The summed E-state index contributed by atoms with van der Waals surface area (Å²) in [5.74, 6) is -0.574. The minimum atomic E-state index is -0.574. The highest BCUT2D eigenvalue weighted by molar-refractivity contribution is 4.82. The molecule has 1 heterocycles. The summed E-state index contributed by atoms with van der Waals surface area (Å²) in [7, 11) is 0. The van der Waals surface area contributed by atoms with E-state index in [2.05, 4.69) is 0 Å². The van der Waals surface area contributed by atoms with Crippen molar-refractivity contribution >= 4 is 0 Å². The van der Waals surface area contributed by atoms with Gasteiger partial charge in [-0.1, -0.05) is 0 Å². The van der Waals surface area contributed by atoms with Crippen LogP contribution in [-0.2, 0) is 9.47 Å². The molecule has 1 aliphatic rings. The molecule has 0 aromatic rings. The fourth-order valence-corrected chi connectivity index (χ4v) is 1.82. The van der Waals surface area contributed by atoms with Crippen molar-refractivity contribution in [3.8, 4) is 0 Å². The van der Waals surface area contributed by atoms with Crippen molar-refractivity contribution in [2.75, 3.05) is 6.61 Å². The predicted molar refractivity (Wildman–Crippen MR) is 45.8 cm³/mol. The van der Waals surface area contributed by atoms with Crippen molar-refractivity contribution < 1.29 is 14.6 Å². The first-order valence-corrected chi connectivity index (χ1v) is 4.33. The SMILES string of the molecule is CC1(C)C[C@@H](CO)OC(C)(C)O1. The summed E-state index contributed by atoms with van der Waals surface area (Å²) >= 11 is 0. The van der Waals surface area contributed by atoms with Gasteiger partial charge in [0, 0.05) is 6.42 Å². The molecule has 1 atom stereocenters. The Labute approximate surface area is 73.7 Å². The van der Waals surface area contributed by atoms with E-state index in [4.69, 9.17) is 14.6 Å². The van der Waals surface area contributed by atoms with Crippen LogP contribution >= 0.6 is 0 Å². The number of aliphatic hydroxyl groups is 1. The van der Waals surface area contributed by atoms with Crippen molar-refractivity contribution in [2.45, 2.75) is 51.6 Å². The highest BCUT2D eigenvalue weighted by Gasteiger charge is 2.39. The Balaban J connectivity index is 2.66. The molecule has 0 radical (unpaired) electrons. The van der Waals surface area contributed by atoms with Gasteiger partial charge in [-0.05, 0) is 27.7 Å². The van der Waals surface area contributed by atoms with E-state index in [1.54, 1.807) is 0 Å². The first-order chi connectivity index (χ1) is 5.35. The van der Waals surface area contributed by atoms with Crippen LogP contribution in [0.15, 0.2) is 0 Å². The summed E-state index contributed by atoms with van der Waals surface area (Å²) in [5, 5.41) is 8.97. The van der Waals surface area contributed by atoms with E-state index in [-0.39, 0.29) is 18.3 Å². The molecule has 3 heteroatoms. The molecule has 0 aliphatic carbocycles. The van der Waals surface area contributed by atoms with E-state index in [0.29, 0.717) is 0 Å². The first-order valence-electron chi connectivity index (χ1n) is 4.33. The summed E-state index contributed by atoms with van der Waals surface area (Å²) in [5.41, 5.74) is -0.199. The van der Waals surface area contributed by atoms with Gasteiger partial charge in [-0.25, -0.2) is 0 Å². The van der Waals surface area contributed by atoms with Crippen LogP contribution in [-0.4, -0.2) is 29.2 Å². The van der Waals surface area contributed by atoms with Gasteiger partial charge >= 0.3 is 0 Å². The van der Waals surface area contributed by atoms with Gasteiger partial charge in [0.15, 0.2) is 5.79 Å². The van der Waals surface area contributed by atoms with Crippen molar-refractivity contribution in [2.24, 2.45) is 0 Å². The van der Waals surface area contributed by atoms with E-state index in [0.717, 1.165) is 6.42 Å². The molecule has 0 saturated carbocycles. The van der Waals surface area contributed by atoms with E-state index in [1.165, 1.54) is 0 Å². The summed E-state index contributed by atoms with van der Waals surface area (Å²) in [6, 6.07) is 0. The molecule has 0 aromatic heterocycles. The molecule has 3 nitrogen and oxygen atoms in total. The van der Waals surface area contributed by atoms with Crippen LogP contribution in [0.5, 0.6) is 0 Å². The fraction of sp³-hybridized carbons (Fsp3) is 1.00. The molecule has 1 fully saturated rings. The molecular weight excluding hydrogens is 156 g/mol. The zero-order valence-corrected chi connectivity index (χ0v) is 8.26. The molecule has 0 spiro atoms. The molecule has 12 heavy (non-hydrogen) atoms. The maximum absolute atomic E-state index is 8.97. The van der Waals surface area contributed by atoms with E-state index in [9.17, 15) is 0 Å². The summed E-state index contributed by atoms with van der Waals surface area (Å²) in [6.07, 6.45) is 0.649. The van der Waals surface area contributed by atoms with Crippen LogP contribution in [0.1, 0.15) is 34.1 Å². The molecule has 1 aliphatic heterocycles. The molecule has 0 bridgehead atoms. The monoisotopic (exact) mass is 174 g/mol. The molecule has 1 rings (SSSR count). The zero-order chi connectivity index (χ0) is 9.41. The maximum Gasteiger partial charge on any atom is 0.163 e. The predicted octanol–water partition coefficient (Wildman–Crippen LogP) is 1.30. The van der Waals surface area contributed by atoms with Gasteiger partial charge in [-0.2, -0.15) is 0 Å². The lowest BCUT2D eigenvalue weighted by Gasteiger charge is -2.44. The summed E-state index contributed by atoms with van der Waals surface area (Å²) in [6.45, 7) is 7.84. The average Bonchev–Trinajstić information content (AvgIpc) is 1.80. The second kappa shape index (κ2) is 2.98. The van der Waals surface area contributed by atoms with Crippen LogP contribution in [0.2, 0.25) is 0 Å². The van der Waals surface area contributed by atoms with Crippen LogP contribution in [0.25, 0.3) is 0 Å². The first kappa shape index (κ1) is 9.96. The minimum Gasteiger partial charge on any atom is -0.394 e. The van der Waals surface area contributed by atoms with Gasteiger partial charge in [0.1, 0.15) is 0 Å². The van der Waals surface area contributed by atoms with Crippen molar-refractivity contribution in [3.63, 3.8) is 0 Å².